The van der Waals surface area contributed by atoms with Crippen LogP contribution in [0.3, 0.4) is 0 Å². The van der Waals surface area contributed by atoms with E-state index in [1.54, 1.807) is 0 Å². The van der Waals surface area contributed by atoms with Crippen molar-refractivity contribution >= 4 is 0 Å². The van der Waals surface area contributed by atoms with Gasteiger partial charge in [-0.15, -0.1) is 0 Å². The summed E-state index contributed by atoms with van der Waals surface area (Å²) in [6, 6.07) is 6.64. The summed E-state index contributed by atoms with van der Waals surface area (Å²) in [4.78, 5) is 0. The van der Waals surface area contributed by atoms with E-state index in [1.165, 1.54) is 16.7 Å². The fourth-order valence-electron chi connectivity index (χ4n) is 2.56. The molecule has 1 aliphatic rings. The van der Waals surface area contributed by atoms with Crippen LogP contribution in [0.1, 0.15) is 49.5 Å². The molecule has 1 heterocycles. The Kier molecular flexibility index (Phi) is 4.08. The van der Waals surface area contributed by atoms with Gasteiger partial charge in [-0.3, -0.25) is 0 Å². The number of hydrogen-bond donors (Lipinski definition) is 1. The van der Waals surface area contributed by atoms with Gasteiger partial charge in [-0.05, 0) is 43.4 Å². The van der Waals surface area contributed by atoms with Gasteiger partial charge in [-0.1, -0.05) is 32.0 Å². The SMILES string of the molecule is CCC1(CC)COC(c2ccc(C)c(C)c2)CN1. The minimum atomic E-state index is 0.191. The normalized spacial score (nSPS) is 23.0. The summed E-state index contributed by atoms with van der Waals surface area (Å²) in [5, 5.41) is 3.69. The van der Waals surface area contributed by atoms with Crippen molar-refractivity contribution in [3.05, 3.63) is 34.9 Å². The Morgan fingerprint density at radius 1 is 1.22 bits per heavy atom. The molecule has 1 aromatic rings. The van der Waals surface area contributed by atoms with E-state index in [2.05, 4.69) is 51.2 Å². The van der Waals surface area contributed by atoms with Crippen LogP contribution >= 0.6 is 0 Å². The van der Waals surface area contributed by atoms with Gasteiger partial charge in [-0.25, -0.2) is 0 Å². The summed E-state index contributed by atoms with van der Waals surface area (Å²) in [5.41, 5.74) is 4.18. The minimum absolute atomic E-state index is 0.191. The molecule has 0 saturated carbocycles. The van der Waals surface area contributed by atoms with Crippen LogP contribution in [0.25, 0.3) is 0 Å². The highest BCUT2D eigenvalue weighted by molar-refractivity contribution is 5.31. The van der Waals surface area contributed by atoms with E-state index in [0.29, 0.717) is 0 Å². The smallest absolute Gasteiger partial charge is 0.0950 e. The minimum Gasteiger partial charge on any atom is -0.370 e. The Balaban J connectivity index is 2.07. The Morgan fingerprint density at radius 2 is 1.94 bits per heavy atom. The molecule has 0 bridgehead atoms. The molecule has 2 nitrogen and oxygen atoms in total. The number of hydrogen-bond acceptors (Lipinski definition) is 2. The lowest BCUT2D eigenvalue weighted by Crippen LogP contribution is -2.54. The molecule has 18 heavy (non-hydrogen) atoms. The molecule has 0 radical (unpaired) electrons. The average Bonchev–Trinajstić information content (AvgIpc) is 2.42. The van der Waals surface area contributed by atoms with Gasteiger partial charge in [-0.2, -0.15) is 0 Å². The van der Waals surface area contributed by atoms with Crippen LogP contribution in [0.4, 0.5) is 0 Å². The van der Waals surface area contributed by atoms with Gasteiger partial charge >= 0.3 is 0 Å². The van der Waals surface area contributed by atoms with Gasteiger partial charge in [0.15, 0.2) is 0 Å². The predicted octanol–water partition coefficient (Wildman–Crippen LogP) is 3.52. The van der Waals surface area contributed by atoms with Crippen molar-refractivity contribution < 1.29 is 4.74 Å². The van der Waals surface area contributed by atoms with Crippen molar-refractivity contribution in [2.75, 3.05) is 13.2 Å². The van der Waals surface area contributed by atoms with E-state index >= 15 is 0 Å². The zero-order valence-electron chi connectivity index (χ0n) is 12.0. The molecule has 1 N–H and O–H groups in total. The number of benzene rings is 1. The number of aryl methyl sites for hydroxylation is 2. The zero-order chi connectivity index (χ0) is 13.2. The molecular weight excluding hydrogens is 222 g/mol. The highest BCUT2D eigenvalue weighted by Crippen LogP contribution is 2.28. The molecule has 1 unspecified atom stereocenters. The Morgan fingerprint density at radius 3 is 2.44 bits per heavy atom. The van der Waals surface area contributed by atoms with Crippen LogP contribution in [-0.4, -0.2) is 18.7 Å². The number of rotatable bonds is 3. The summed E-state index contributed by atoms with van der Waals surface area (Å²) >= 11 is 0. The third-order valence-corrected chi connectivity index (χ3v) is 4.48. The third-order valence-electron chi connectivity index (χ3n) is 4.48. The first-order valence-electron chi connectivity index (χ1n) is 7.04. The van der Waals surface area contributed by atoms with Crippen LogP contribution in [0, 0.1) is 13.8 Å². The number of nitrogens with one attached hydrogen (secondary N) is 1. The van der Waals surface area contributed by atoms with Crippen LogP contribution in [-0.2, 0) is 4.74 Å². The lowest BCUT2D eigenvalue weighted by molar-refractivity contribution is -0.0374. The highest BCUT2D eigenvalue weighted by atomic mass is 16.5. The molecule has 1 fully saturated rings. The first-order chi connectivity index (χ1) is 8.60. The van der Waals surface area contributed by atoms with E-state index in [1.807, 2.05) is 0 Å². The lowest BCUT2D eigenvalue weighted by Gasteiger charge is -2.40. The van der Waals surface area contributed by atoms with E-state index < -0.39 is 0 Å². The Labute approximate surface area is 111 Å². The first-order valence-corrected chi connectivity index (χ1v) is 7.04. The van der Waals surface area contributed by atoms with Crippen molar-refractivity contribution in [3.8, 4) is 0 Å². The number of morpholine rings is 1. The van der Waals surface area contributed by atoms with Crippen LogP contribution < -0.4 is 5.32 Å². The fraction of sp³-hybridized carbons (Fsp3) is 0.625. The van der Waals surface area contributed by atoms with Crippen molar-refractivity contribution in [3.63, 3.8) is 0 Å². The fourth-order valence-corrected chi connectivity index (χ4v) is 2.56. The molecule has 0 aliphatic carbocycles. The first kappa shape index (κ1) is 13.6. The van der Waals surface area contributed by atoms with Gasteiger partial charge < -0.3 is 10.1 Å². The van der Waals surface area contributed by atoms with E-state index in [-0.39, 0.29) is 11.6 Å². The van der Waals surface area contributed by atoms with E-state index in [0.717, 1.165) is 26.0 Å². The summed E-state index contributed by atoms with van der Waals surface area (Å²) in [6.45, 7) is 10.5. The molecule has 1 atom stereocenters. The molecule has 0 aromatic heterocycles. The third kappa shape index (κ3) is 2.60. The van der Waals surface area contributed by atoms with Crippen molar-refractivity contribution in [2.45, 2.75) is 52.2 Å². The highest BCUT2D eigenvalue weighted by Gasteiger charge is 2.32. The second-order valence-corrected chi connectivity index (χ2v) is 5.51. The second kappa shape index (κ2) is 5.41. The van der Waals surface area contributed by atoms with Gasteiger partial charge in [0.05, 0.1) is 12.7 Å². The quantitative estimate of drug-likeness (QED) is 0.882. The van der Waals surface area contributed by atoms with Gasteiger partial charge in [0.1, 0.15) is 0 Å². The van der Waals surface area contributed by atoms with Crippen molar-refractivity contribution in [1.29, 1.82) is 0 Å². The Bertz CT molecular complexity index is 400. The molecule has 1 aromatic carbocycles. The maximum Gasteiger partial charge on any atom is 0.0950 e. The van der Waals surface area contributed by atoms with Crippen LogP contribution in [0.15, 0.2) is 18.2 Å². The topological polar surface area (TPSA) is 21.3 Å². The van der Waals surface area contributed by atoms with Gasteiger partial charge in [0, 0.05) is 12.1 Å². The van der Waals surface area contributed by atoms with Crippen molar-refractivity contribution in [1.82, 2.24) is 5.32 Å². The van der Waals surface area contributed by atoms with Crippen molar-refractivity contribution in [2.24, 2.45) is 0 Å². The molecule has 2 rings (SSSR count). The van der Waals surface area contributed by atoms with Gasteiger partial charge in [0.2, 0.25) is 0 Å². The maximum absolute atomic E-state index is 6.09. The molecule has 1 saturated heterocycles. The monoisotopic (exact) mass is 247 g/mol. The lowest BCUT2D eigenvalue weighted by atomic mass is 9.91. The zero-order valence-corrected chi connectivity index (χ0v) is 12.0. The Hall–Kier alpha value is -0.860. The second-order valence-electron chi connectivity index (χ2n) is 5.51. The molecular formula is C16H25NO. The summed E-state index contributed by atoms with van der Waals surface area (Å²) in [7, 11) is 0. The van der Waals surface area contributed by atoms with Crippen LogP contribution in [0.5, 0.6) is 0 Å². The molecule has 0 spiro atoms. The number of ether oxygens (including phenoxy) is 1. The van der Waals surface area contributed by atoms with Crippen LogP contribution in [0.2, 0.25) is 0 Å². The molecule has 1 aliphatic heterocycles. The molecule has 2 heteroatoms. The molecule has 100 valence electrons. The van der Waals surface area contributed by atoms with E-state index in [9.17, 15) is 0 Å². The molecule has 0 amide bonds. The standard InChI is InChI=1S/C16H25NO/c1-5-16(6-2)11-18-15(10-17-16)14-8-7-12(3)13(4)9-14/h7-9,15,17H,5-6,10-11H2,1-4H3. The van der Waals surface area contributed by atoms with Gasteiger partial charge in [0.25, 0.3) is 0 Å². The largest absolute Gasteiger partial charge is 0.370 e. The van der Waals surface area contributed by atoms with E-state index in [4.69, 9.17) is 4.74 Å². The summed E-state index contributed by atoms with van der Waals surface area (Å²) < 4.78 is 6.09. The maximum atomic E-state index is 6.09. The summed E-state index contributed by atoms with van der Waals surface area (Å²) in [6.07, 6.45) is 2.46. The average molecular weight is 247 g/mol. The summed E-state index contributed by atoms with van der Waals surface area (Å²) in [5.74, 6) is 0. The predicted molar refractivity (Wildman–Crippen MR) is 75.9 cm³/mol.